The summed E-state index contributed by atoms with van der Waals surface area (Å²) in [7, 11) is 0. The molecular weight excluding hydrogens is 268 g/mol. The van der Waals surface area contributed by atoms with Gasteiger partial charge in [0.25, 0.3) is 0 Å². The summed E-state index contributed by atoms with van der Waals surface area (Å²) < 4.78 is 5.54. The van der Waals surface area contributed by atoms with E-state index in [1.165, 1.54) is 0 Å². The molecule has 21 heavy (non-hydrogen) atoms. The highest BCUT2D eigenvalue weighted by molar-refractivity contribution is 5.76. The van der Waals surface area contributed by atoms with Crippen LogP contribution >= 0.6 is 0 Å². The van der Waals surface area contributed by atoms with Crippen molar-refractivity contribution in [3.8, 4) is 0 Å². The van der Waals surface area contributed by atoms with Gasteiger partial charge in [0.15, 0.2) is 0 Å². The summed E-state index contributed by atoms with van der Waals surface area (Å²) in [6.07, 6.45) is 3.14. The second-order valence-corrected chi connectivity index (χ2v) is 7.09. The smallest absolute Gasteiger partial charge is 0.222 e. The summed E-state index contributed by atoms with van der Waals surface area (Å²) in [5, 5.41) is 9.84. The van der Waals surface area contributed by atoms with Crippen LogP contribution in [0.5, 0.6) is 0 Å². The molecule has 0 aromatic carbocycles. The molecule has 1 aliphatic carbocycles. The molecule has 1 N–H and O–H groups in total. The van der Waals surface area contributed by atoms with Crippen molar-refractivity contribution < 1.29 is 14.6 Å². The third kappa shape index (κ3) is 5.24. The Morgan fingerprint density at radius 1 is 1.24 bits per heavy atom. The van der Waals surface area contributed by atoms with Gasteiger partial charge in [-0.05, 0) is 39.5 Å². The summed E-state index contributed by atoms with van der Waals surface area (Å²) >= 11 is 0. The number of hydrogen-bond acceptors (Lipinski definition) is 4. The van der Waals surface area contributed by atoms with Gasteiger partial charge >= 0.3 is 0 Å². The van der Waals surface area contributed by atoms with Crippen LogP contribution in [-0.2, 0) is 9.53 Å². The van der Waals surface area contributed by atoms with Crippen molar-refractivity contribution in [1.29, 1.82) is 0 Å². The van der Waals surface area contributed by atoms with E-state index < -0.39 is 5.60 Å². The van der Waals surface area contributed by atoms with Gasteiger partial charge in [-0.3, -0.25) is 9.69 Å². The summed E-state index contributed by atoms with van der Waals surface area (Å²) in [5.74, 6) is 0.807. The van der Waals surface area contributed by atoms with Gasteiger partial charge in [-0.1, -0.05) is 0 Å². The molecule has 1 saturated carbocycles. The Morgan fingerprint density at radius 2 is 1.86 bits per heavy atom. The molecule has 2 aliphatic rings. The van der Waals surface area contributed by atoms with Crippen LogP contribution < -0.4 is 0 Å². The zero-order valence-electron chi connectivity index (χ0n) is 13.7. The highest BCUT2D eigenvalue weighted by Gasteiger charge is 2.33. The maximum Gasteiger partial charge on any atom is 0.222 e. The number of hydrogen-bond donors (Lipinski definition) is 1. The molecule has 1 aliphatic heterocycles. The zero-order valence-corrected chi connectivity index (χ0v) is 13.7. The van der Waals surface area contributed by atoms with Crippen LogP contribution in [0.1, 0.15) is 40.0 Å². The molecule has 5 heteroatoms. The molecule has 0 spiro atoms. The minimum absolute atomic E-state index is 0.290. The van der Waals surface area contributed by atoms with Gasteiger partial charge in [0.1, 0.15) is 0 Å². The summed E-state index contributed by atoms with van der Waals surface area (Å²) in [5.41, 5.74) is -0.660. The Kier molecular flexibility index (Phi) is 5.63. The number of nitrogens with zero attached hydrogens (tertiary/aromatic N) is 2. The summed E-state index contributed by atoms with van der Waals surface area (Å²) in [4.78, 5) is 16.5. The van der Waals surface area contributed by atoms with E-state index in [1.807, 2.05) is 25.7 Å². The molecule has 1 saturated heterocycles. The lowest BCUT2D eigenvalue weighted by atomic mass is 9.79. The fraction of sp³-hybridized carbons (Fsp3) is 0.938. The fourth-order valence-electron chi connectivity index (χ4n) is 3.29. The lowest BCUT2D eigenvalue weighted by Gasteiger charge is -2.39. The lowest BCUT2D eigenvalue weighted by Crippen LogP contribution is -2.52. The predicted octanol–water partition coefficient (Wildman–Crippen LogP) is 1.11. The molecular formula is C16H30N2O3. The van der Waals surface area contributed by atoms with Gasteiger partial charge in [-0.2, -0.15) is 0 Å². The molecule has 1 amide bonds. The zero-order chi connectivity index (χ0) is 15.5. The van der Waals surface area contributed by atoms with E-state index >= 15 is 0 Å². The third-order valence-corrected chi connectivity index (χ3v) is 4.39. The first-order valence-electron chi connectivity index (χ1n) is 8.21. The highest BCUT2D eigenvalue weighted by Crippen LogP contribution is 2.33. The number of β-amino-alcohol motifs (C(OH)–C–C–N with tert-alkyl or cyclic N) is 1. The molecule has 0 aromatic rings. The molecule has 0 unspecified atom stereocenters. The van der Waals surface area contributed by atoms with Crippen molar-refractivity contribution in [1.82, 2.24) is 9.80 Å². The molecule has 2 rings (SSSR count). The second-order valence-electron chi connectivity index (χ2n) is 7.09. The van der Waals surface area contributed by atoms with Crippen molar-refractivity contribution in [3.05, 3.63) is 0 Å². The van der Waals surface area contributed by atoms with Crippen molar-refractivity contribution in [3.63, 3.8) is 0 Å². The van der Waals surface area contributed by atoms with Gasteiger partial charge in [-0.25, -0.2) is 0 Å². The van der Waals surface area contributed by atoms with E-state index in [0.717, 1.165) is 45.6 Å². The number of carbonyl (C=O) groups is 1. The third-order valence-electron chi connectivity index (χ3n) is 4.39. The van der Waals surface area contributed by atoms with Crippen molar-refractivity contribution in [2.45, 2.75) is 51.7 Å². The van der Waals surface area contributed by atoms with Gasteiger partial charge in [-0.15, -0.1) is 0 Å². The molecule has 0 bridgehead atoms. The minimum Gasteiger partial charge on any atom is -0.389 e. The van der Waals surface area contributed by atoms with Crippen LogP contribution in [0.15, 0.2) is 0 Å². The number of piperazine rings is 1. The van der Waals surface area contributed by atoms with Crippen molar-refractivity contribution in [2.75, 3.05) is 39.3 Å². The fourth-order valence-corrected chi connectivity index (χ4v) is 3.29. The van der Waals surface area contributed by atoms with Crippen LogP contribution in [0.25, 0.3) is 0 Å². The first-order valence-corrected chi connectivity index (χ1v) is 8.21. The Bertz CT molecular complexity index is 340. The number of amides is 1. The van der Waals surface area contributed by atoms with E-state index in [9.17, 15) is 9.90 Å². The van der Waals surface area contributed by atoms with E-state index in [-0.39, 0.29) is 5.91 Å². The largest absolute Gasteiger partial charge is 0.389 e. The van der Waals surface area contributed by atoms with Crippen LogP contribution in [0.4, 0.5) is 0 Å². The first-order chi connectivity index (χ1) is 9.87. The minimum atomic E-state index is -0.660. The van der Waals surface area contributed by atoms with Crippen molar-refractivity contribution in [2.24, 2.45) is 5.92 Å². The maximum atomic E-state index is 12.3. The molecule has 122 valence electrons. The van der Waals surface area contributed by atoms with Gasteiger partial charge in [0.2, 0.25) is 5.91 Å². The Hall–Kier alpha value is -0.650. The maximum absolute atomic E-state index is 12.3. The summed E-state index contributed by atoms with van der Waals surface area (Å²) in [6, 6.07) is 0. The van der Waals surface area contributed by atoms with E-state index in [0.29, 0.717) is 25.0 Å². The van der Waals surface area contributed by atoms with Gasteiger partial charge in [0.05, 0.1) is 11.7 Å². The topological polar surface area (TPSA) is 53.0 Å². The average Bonchev–Trinajstić information content (AvgIpc) is 2.35. The number of carbonyl (C=O) groups excluding carboxylic acids is 1. The van der Waals surface area contributed by atoms with Crippen LogP contribution in [0.2, 0.25) is 0 Å². The normalized spacial score (nSPS) is 27.5. The number of ether oxygens (including phenoxy) is 1. The average molecular weight is 298 g/mol. The molecule has 5 nitrogen and oxygen atoms in total. The quantitative estimate of drug-likeness (QED) is 0.798. The van der Waals surface area contributed by atoms with Gasteiger partial charge in [0, 0.05) is 45.8 Å². The van der Waals surface area contributed by atoms with Crippen LogP contribution in [0, 0.1) is 5.92 Å². The van der Waals surface area contributed by atoms with Crippen LogP contribution in [0.3, 0.4) is 0 Å². The molecule has 0 aromatic heterocycles. The van der Waals surface area contributed by atoms with E-state index in [1.54, 1.807) is 0 Å². The SMILES string of the molecule is CCOC1CC(CC(=O)N2CCN(CC(C)(C)O)CC2)C1. The molecule has 1 heterocycles. The molecule has 2 fully saturated rings. The second kappa shape index (κ2) is 7.07. The standard InChI is InChI=1S/C16H30N2O3/c1-4-21-14-9-13(10-14)11-15(19)18-7-5-17(6-8-18)12-16(2,3)20/h13-14,20H,4-12H2,1-3H3. The van der Waals surface area contributed by atoms with Crippen LogP contribution in [-0.4, -0.2) is 71.8 Å². The number of aliphatic hydroxyl groups is 1. The highest BCUT2D eigenvalue weighted by atomic mass is 16.5. The van der Waals surface area contributed by atoms with E-state index in [2.05, 4.69) is 4.90 Å². The Balaban J connectivity index is 1.65. The monoisotopic (exact) mass is 298 g/mol. The Morgan fingerprint density at radius 3 is 2.38 bits per heavy atom. The number of rotatable bonds is 6. The van der Waals surface area contributed by atoms with Crippen molar-refractivity contribution >= 4 is 5.91 Å². The summed E-state index contributed by atoms with van der Waals surface area (Å²) in [6.45, 7) is 10.4. The predicted molar refractivity (Wildman–Crippen MR) is 82.1 cm³/mol. The van der Waals surface area contributed by atoms with Gasteiger partial charge < -0.3 is 14.7 Å². The molecule has 0 radical (unpaired) electrons. The first kappa shape index (κ1) is 16.7. The molecule has 0 atom stereocenters. The Labute approximate surface area is 128 Å². The van der Waals surface area contributed by atoms with E-state index in [4.69, 9.17) is 4.74 Å². The lowest BCUT2D eigenvalue weighted by molar-refractivity contribution is -0.136.